The number of rotatable bonds is 2. The molecule has 0 fully saturated rings. The molecule has 0 atom stereocenters. The lowest BCUT2D eigenvalue weighted by Crippen LogP contribution is -1.96. The topological polar surface area (TPSA) is 84.8 Å². The molecule has 18 heavy (non-hydrogen) atoms. The van der Waals surface area contributed by atoms with Crippen LogP contribution in [0.3, 0.4) is 0 Å². The zero-order valence-electron chi connectivity index (χ0n) is 9.29. The average Bonchev–Trinajstić information content (AvgIpc) is 2.70. The quantitative estimate of drug-likeness (QED) is 0.630. The number of hydrogen-bond donors (Lipinski definition) is 0. The molecular weight excluding hydrogens is 300 g/mol. The Labute approximate surface area is 111 Å². The molecule has 1 heterocycles. The number of hydrogen-bond acceptors (Lipinski definition) is 4. The summed E-state index contributed by atoms with van der Waals surface area (Å²) in [5, 5.41) is 19.5. The summed E-state index contributed by atoms with van der Waals surface area (Å²) in [7, 11) is 0. The third-order valence-electron chi connectivity index (χ3n) is 2.43. The highest BCUT2D eigenvalue weighted by molar-refractivity contribution is 9.10. The maximum Gasteiger partial charge on any atom is 0.272 e. The van der Waals surface area contributed by atoms with E-state index in [1.807, 2.05) is 6.07 Å². The van der Waals surface area contributed by atoms with E-state index in [9.17, 15) is 10.1 Å². The number of nitro benzene ring substituents is 1. The summed E-state index contributed by atoms with van der Waals surface area (Å²) in [6.07, 6.45) is 1.56. The summed E-state index contributed by atoms with van der Waals surface area (Å²) in [6.45, 7) is 1.66. The summed E-state index contributed by atoms with van der Waals surface area (Å²) in [5.41, 5.74) is 1.60. The lowest BCUT2D eigenvalue weighted by atomic mass is 10.2. The Bertz CT molecular complexity index is 672. The number of nitriles is 1. The Balaban J connectivity index is 2.52. The fraction of sp³-hybridized carbons (Fsp3) is 0.0909. The van der Waals surface area contributed by atoms with Crippen molar-refractivity contribution in [2.24, 2.45) is 0 Å². The van der Waals surface area contributed by atoms with Gasteiger partial charge in [-0.15, -0.1) is 0 Å². The highest BCUT2D eigenvalue weighted by Crippen LogP contribution is 2.23. The van der Waals surface area contributed by atoms with Crippen LogP contribution in [0.2, 0.25) is 0 Å². The van der Waals surface area contributed by atoms with E-state index in [1.165, 1.54) is 6.07 Å². The second-order valence-corrected chi connectivity index (χ2v) is 4.31. The van der Waals surface area contributed by atoms with Crippen molar-refractivity contribution in [2.45, 2.75) is 6.92 Å². The second kappa shape index (κ2) is 4.58. The Morgan fingerprint density at radius 2 is 2.28 bits per heavy atom. The molecule has 0 unspecified atom stereocenters. The van der Waals surface area contributed by atoms with Crippen LogP contribution in [-0.4, -0.2) is 14.5 Å². The second-order valence-electron chi connectivity index (χ2n) is 3.60. The number of nitro groups is 1. The monoisotopic (exact) mass is 306 g/mol. The van der Waals surface area contributed by atoms with Gasteiger partial charge in [0.2, 0.25) is 0 Å². The first-order valence-electron chi connectivity index (χ1n) is 4.93. The molecule has 2 aromatic rings. The van der Waals surface area contributed by atoms with E-state index in [0.29, 0.717) is 16.0 Å². The standard InChI is InChI=1S/C11H7BrN4O2/c1-7-4-9(2-3-10(7)16(17)18)15-6-8(5-13)14-11(15)12/h2-4,6H,1H3. The molecule has 0 bridgehead atoms. The largest absolute Gasteiger partial charge is 0.293 e. The van der Waals surface area contributed by atoms with Gasteiger partial charge >= 0.3 is 0 Å². The fourth-order valence-corrected chi connectivity index (χ4v) is 2.09. The maximum absolute atomic E-state index is 10.7. The molecule has 7 heteroatoms. The van der Waals surface area contributed by atoms with Crippen LogP contribution in [0.25, 0.3) is 5.69 Å². The predicted molar refractivity (Wildman–Crippen MR) is 67.4 cm³/mol. The average molecular weight is 307 g/mol. The van der Waals surface area contributed by atoms with Crippen LogP contribution in [0, 0.1) is 28.4 Å². The van der Waals surface area contributed by atoms with Gasteiger partial charge in [-0.25, -0.2) is 4.98 Å². The molecule has 1 aromatic heterocycles. The van der Waals surface area contributed by atoms with Crippen molar-refractivity contribution < 1.29 is 4.92 Å². The van der Waals surface area contributed by atoms with Gasteiger partial charge in [0.25, 0.3) is 5.69 Å². The van der Waals surface area contributed by atoms with Gasteiger partial charge in [0.1, 0.15) is 6.07 Å². The van der Waals surface area contributed by atoms with Gasteiger partial charge in [0.05, 0.1) is 4.92 Å². The van der Waals surface area contributed by atoms with E-state index in [1.54, 1.807) is 29.8 Å². The number of aromatic nitrogens is 2. The van der Waals surface area contributed by atoms with Crippen LogP contribution in [0.5, 0.6) is 0 Å². The molecule has 0 radical (unpaired) electrons. The van der Waals surface area contributed by atoms with Crippen molar-refractivity contribution in [3.8, 4) is 11.8 Å². The van der Waals surface area contributed by atoms with Crippen LogP contribution >= 0.6 is 15.9 Å². The van der Waals surface area contributed by atoms with E-state index in [-0.39, 0.29) is 11.4 Å². The molecule has 0 aliphatic heterocycles. The van der Waals surface area contributed by atoms with Crippen molar-refractivity contribution in [3.63, 3.8) is 0 Å². The fourth-order valence-electron chi connectivity index (χ4n) is 1.59. The molecule has 2 rings (SSSR count). The van der Waals surface area contributed by atoms with Gasteiger partial charge < -0.3 is 0 Å². The van der Waals surface area contributed by atoms with E-state index in [0.717, 1.165) is 0 Å². The van der Waals surface area contributed by atoms with Crippen molar-refractivity contribution in [1.82, 2.24) is 9.55 Å². The van der Waals surface area contributed by atoms with Gasteiger partial charge in [-0.1, -0.05) is 0 Å². The van der Waals surface area contributed by atoms with Gasteiger partial charge in [-0.2, -0.15) is 5.26 Å². The third kappa shape index (κ3) is 2.10. The highest BCUT2D eigenvalue weighted by atomic mass is 79.9. The summed E-state index contributed by atoms with van der Waals surface area (Å²) >= 11 is 3.23. The zero-order valence-corrected chi connectivity index (χ0v) is 10.9. The van der Waals surface area contributed by atoms with Crippen LogP contribution < -0.4 is 0 Å². The molecule has 6 nitrogen and oxygen atoms in total. The third-order valence-corrected chi connectivity index (χ3v) is 2.99. The van der Waals surface area contributed by atoms with E-state index < -0.39 is 4.92 Å². The van der Waals surface area contributed by atoms with Gasteiger partial charge in [-0.05, 0) is 35.0 Å². The number of halogens is 1. The predicted octanol–water partition coefficient (Wildman–Crippen LogP) is 2.72. The molecule has 0 saturated heterocycles. The normalized spacial score (nSPS) is 10.1. The van der Waals surface area contributed by atoms with Crippen molar-refractivity contribution in [3.05, 3.63) is 50.5 Å². The number of benzene rings is 1. The minimum absolute atomic E-state index is 0.0653. The van der Waals surface area contributed by atoms with Gasteiger partial charge in [0.15, 0.2) is 10.4 Å². The van der Waals surface area contributed by atoms with E-state index in [4.69, 9.17) is 5.26 Å². The van der Waals surface area contributed by atoms with Gasteiger partial charge in [0, 0.05) is 23.5 Å². The number of aryl methyl sites for hydroxylation is 1. The smallest absolute Gasteiger partial charge is 0.272 e. The Morgan fingerprint density at radius 3 is 2.78 bits per heavy atom. The molecule has 0 N–H and O–H groups in total. The molecule has 0 spiro atoms. The Morgan fingerprint density at radius 1 is 1.56 bits per heavy atom. The molecule has 0 saturated carbocycles. The van der Waals surface area contributed by atoms with Crippen LogP contribution in [0.15, 0.2) is 29.1 Å². The molecule has 1 aromatic carbocycles. The minimum Gasteiger partial charge on any atom is -0.293 e. The number of nitrogens with zero attached hydrogens (tertiary/aromatic N) is 4. The molecule has 0 aliphatic rings. The highest BCUT2D eigenvalue weighted by Gasteiger charge is 2.13. The number of imidazole rings is 1. The van der Waals surface area contributed by atoms with Gasteiger partial charge in [-0.3, -0.25) is 14.7 Å². The van der Waals surface area contributed by atoms with Crippen molar-refractivity contribution in [2.75, 3.05) is 0 Å². The van der Waals surface area contributed by atoms with Crippen LogP contribution in [0.1, 0.15) is 11.3 Å². The lowest BCUT2D eigenvalue weighted by molar-refractivity contribution is -0.385. The summed E-state index contributed by atoms with van der Waals surface area (Å²) in [4.78, 5) is 14.3. The summed E-state index contributed by atoms with van der Waals surface area (Å²) < 4.78 is 2.13. The lowest BCUT2D eigenvalue weighted by Gasteiger charge is -2.05. The summed E-state index contributed by atoms with van der Waals surface area (Å²) in [5.74, 6) is 0. The van der Waals surface area contributed by atoms with E-state index in [2.05, 4.69) is 20.9 Å². The van der Waals surface area contributed by atoms with E-state index >= 15 is 0 Å². The first-order valence-corrected chi connectivity index (χ1v) is 5.72. The SMILES string of the molecule is Cc1cc(-n2cc(C#N)nc2Br)ccc1[N+](=O)[O-]. The Hall–Kier alpha value is -2.20. The van der Waals surface area contributed by atoms with Crippen molar-refractivity contribution >= 4 is 21.6 Å². The minimum atomic E-state index is -0.428. The first-order chi connectivity index (χ1) is 8.52. The van der Waals surface area contributed by atoms with Crippen molar-refractivity contribution in [1.29, 1.82) is 5.26 Å². The zero-order chi connectivity index (χ0) is 13.3. The molecular formula is C11H7BrN4O2. The maximum atomic E-state index is 10.7. The summed E-state index contributed by atoms with van der Waals surface area (Å²) in [6, 6.07) is 6.65. The Kier molecular flexibility index (Phi) is 3.12. The van der Waals surface area contributed by atoms with Crippen LogP contribution in [0.4, 0.5) is 5.69 Å². The van der Waals surface area contributed by atoms with Crippen LogP contribution in [-0.2, 0) is 0 Å². The molecule has 90 valence electrons. The first kappa shape index (κ1) is 12.3. The molecule has 0 amide bonds. The molecule has 0 aliphatic carbocycles.